The zero-order valence-electron chi connectivity index (χ0n) is 10.9. The van der Waals surface area contributed by atoms with E-state index in [-0.39, 0.29) is 11.4 Å². The molecule has 0 fully saturated rings. The van der Waals surface area contributed by atoms with Crippen molar-refractivity contribution in [3.05, 3.63) is 47.9 Å². The summed E-state index contributed by atoms with van der Waals surface area (Å²) in [5, 5.41) is 9.04. The SMILES string of the molecule is CC(C)(Oc1ncc(F)cc1C(=O)O)c1ncccn1. The quantitative estimate of drug-likeness (QED) is 0.920. The summed E-state index contributed by atoms with van der Waals surface area (Å²) < 4.78 is 18.6. The molecule has 0 spiro atoms. The third-order valence-corrected chi connectivity index (χ3v) is 2.50. The van der Waals surface area contributed by atoms with E-state index in [9.17, 15) is 9.18 Å². The van der Waals surface area contributed by atoms with Gasteiger partial charge in [-0.2, -0.15) is 0 Å². The van der Waals surface area contributed by atoms with Crippen LogP contribution in [0.5, 0.6) is 5.88 Å². The Balaban J connectivity index is 2.37. The second-order valence-corrected chi connectivity index (χ2v) is 4.50. The van der Waals surface area contributed by atoms with Crippen LogP contribution >= 0.6 is 0 Å². The average Bonchev–Trinajstić information content (AvgIpc) is 2.41. The Morgan fingerprint density at radius 2 is 1.95 bits per heavy atom. The van der Waals surface area contributed by atoms with Gasteiger partial charge in [0.05, 0.1) is 6.20 Å². The van der Waals surface area contributed by atoms with Gasteiger partial charge in [0.2, 0.25) is 5.88 Å². The standard InChI is InChI=1S/C13H12FN3O3/c1-13(2,12-15-4-3-5-16-12)20-10-9(11(18)19)6-8(14)7-17-10/h3-7H,1-2H3,(H,18,19). The molecule has 0 radical (unpaired) electrons. The van der Waals surface area contributed by atoms with Crippen molar-refractivity contribution in [3.63, 3.8) is 0 Å². The minimum absolute atomic E-state index is 0.184. The molecule has 0 aliphatic heterocycles. The minimum atomic E-state index is -1.32. The van der Waals surface area contributed by atoms with Gasteiger partial charge >= 0.3 is 5.97 Å². The zero-order valence-corrected chi connectivity index (χ0v) is 10.9. The molecule has 0 saturated carbocycles. The van der Waals surface area contributed by atoms with E-state index in [2.05, 4.69) is 15.0 Å². The van der Waals surface area contributed by atoms with E-state index in [0.29, 0.717) is 5.82 Å². The Kier molecular flexibility index (Phi) is 3.60. The highest BCUT2D eigenvalue weighted by Crippen LogP contribution is 2.26. The van der Waals surface area contributed by atoms with Crippen LogP contribution in [0.1, 0.15) is 30.0 Å². The van der Waals surface area contributed by atoms with Crippen LogP contribution in [0.3, 0.4) is 0 Å². The third kappa shape index (κ3) is 2.87. The van der Waals surface area contributed by atoms with Gasteiger partial charge in [0.15, 0.2) is 11.4 Å². The molecule has 0 aliphatic carbocycles. The number of rotatable bonds is 4. The van der Waals surface area contributed by atoms with Gasteiger partial charge in [-0.05, 0) is 26.0 Å². The molecule has 0 atom stereocenters. The van der Waals surface area contributed by atoms with Crippen LogP contribution in [-0.2, 0) is 5.60 Å². The Morgan fingerprint density at radius 3 is 2.55 bits per heavy atom. The zero-order chi connectivity index (χ0) is 14.8. The molecule has 2 aromatic rings. The summed E-state index contributed by atoms with van der Waals surface area (Å²) in [6.45, 7) is 3.33. The van der Waals surface area contributed by atoms with E-state index in [0.717, 1.165) is 12.3 Å². The van der Waals surface area contributed by atoms with Gasteiger partial charge < -0.3 is 9.84 Å². The van der Waals surface area contributed by atoms with E-state index in [1.807, 2.05) is 0 Å². The molecule has 2 heterocycles. The number of carboxylic acid groups (broad SMARTS) is 1. The van der Waals surface area contributed by atoms with Gasteiger partial charge in [-0.1, -0.05) is 0 Å². The molecule has 104 valence electrons. The number of hydrogen-bond donors (Lipinski definition) is 1. The molecule has 20 heavy (non-hydrogen) atoms. The minimum Gasteiger partial charge on any atom is -0.477 e. The number of carboxylic acids is 1. The van der Waals surface area contributed by atoms with Crippen molar-refractivity contribution in [2.24, 2.45) is 0 Å². The molecule has 6 nitrogen and oxygen atoms in total. The van der Waals surface area contributed by atoms with E-state index in [1.54, 1.807) is 32.3 Å². The van der Waals surface area contributed by atoms with E-state index in [1.165, 1.54) is 0 Å². The Labute approximate surface area is 114 Å². The Hall–Kier alpha value is -2.57. The maximum atomic E-state index is 13.1. The fraction of sp³-hybridized carbons (Fsp3) is 0.231. The van der Waals surface area contributed by atoms with Gasteiger partial charge in [-0.25, -0.2) is 24.1 Å². The lowest BCUT2D eigenvalue weighted by atomic mass is 10.1. The first kappa shape index (κ1) is 13.9. The fourth-order valence-electron chi connectivity index (χ4n) is 1.56. The molecule has 0 aliphatic rings. The van der Waals surface area contributed by atoms with Crippen LogP contribution in [0.4, 0.5) is 4.39 Å². The summed E-state index contributed by atoms with van der Waals surface area (Å²) in [5.74, 6) is -1.89. The largest absolute Gasteiger partial charge is 0.477 e. The molecule has 0 aromatic carbocycles. The van der Waals surface area contributed by atoms with Crippen molar-refractivity contribution in [1.82, 2.24) is 15.0 Å². The van der Waals surface area contributed by atoms with Crippen molar-refractivity contribution in [2.75, 3.05) is 0 Å². The summed E-state index contributed by atoms with van der Waals surface area (Å²) in [6, 6.07) is 2.50. The van der Waals surface area contributed by atoms with Gasteiger partial charge in [0.25, 0.3) is 0 Å². The number of carbonyl (C=O) groups is 1. The summed E-state index contributed by atoms with van der Waals surface area (Å²) in [5.41, 5.74) is -1.36. The highest BCUT2D eigenvalue weighted by Gasteiger charge is 2.29. The number of aromatic nitrogens is 3. The normalized spacial score (nSPS) is 11.2. The first-order chi connectivity index (χ1) is 9.40. The first-order valence-electron chi connectivity index (χ1n) is 5.75. The monoisotopic (exact) mass is 277 g/mol. The van der Waals surface area contributed by atoms with Crippen LogP contribution in [0.15, 0.2) is 30.7 Å². The predicted octanol–water partition coefficient (Wildman–Crippen LogP) is 2.02. The number of pyridine rings is 1. The second kappa shape index (κ2) is 5.20. The van der Waals surface area contributed by atoms with Crippen molar-refractivity contribution >= 4 is 5.97 Å². The molecule has 0 saturated heterocycles. The third-order valence-electron chi connectivity index (χ3n) is 2.50. The summed E-state index contributed by atoms with van der Waals surface area (Å²) in [4.78, 5) is 22.9. The fourth-order valence-corrected chi connectivity index (χ4v) is 1.56. The van der Waals surface area contributed by atoms with Crippen LogP contribution in [0, 0.1) is 5.82 Å². The van der Waals surface area contributed by atoms with Gasteiger partial charge in [0.1, 0.15) is 11.4 Å². The van der Waals surface area contributed by atoms with Crippen molar-refractivity contribution in [3.8, 4) is 5.88 Å². The molecular weight excluding hydrogens is 265 g/mol. The highest BCUT2D eigenvalue weighted by atomic mass is 19.1. The van der Waals surface area contributed by atoms with E-state index >= 15 is 0 Å². The van der Waals surface area contributed by atoms with Crippen LogP contribution < -0.4 is 4.74 Å². The summed E-state index contributed by atoms with van der Waals surface area (Å²) in [6.07, 6.45) is 3.98. The average molecular weight is 277 g/mol. The number of aromatic carboxylic acids is 1. The van der Waals surface area contributed by atoms with Crippen LogP contribution in [0.2, 0.25) is 0 Å². The molecule has 7 heteroatoms. The molecule has 2 aromatic heterocycles. The highest BCUT2D eigenvalue weighted by molar-refractivity contribution is 5.90. The Morgan fingerprint density at radius 1 is 1.30 bits per heavy atom. The molecule has 2 rings (SSSR count). The second-order valence-electron chi connectivity index (χ2n) is 4.50. The lowest BCUT2D eigenvalue weighted by Crippen LogP contribution is -2.29. The van der Waals surface area contributed by atoms with Gasteiger partial charge in [-0.15, -0.1) is 0 Å². The molecule has 0 unspecified atom stereocenters. The van der Waals surface area contributed by atoms with Gasteiger partial charge in [-0.3, -0.25) is 0 Å². The maximum absolute atomic E-state index is 13.1. The molecular formula is C13H12FN3O3. The first-order valence-corrected chi connectivity index (χ1v) is 5.75. The number of hydrogen-bond acceptors (Lipinski definition) is 5. The van der Waals surface area contributed by atoms with E-state index < -0.39 is 17.4 Å². The lowest BCUT2D eigenvalue weighted by molar-refractivity contribution is 0.0654. The maximum Gasteiger partial charge on any atom is 0.341 e. The molecule has 1 N–H and O–H groups in total. The number of nitrogens with zero attached hydrogens (tertiary/aromatic N) is 3. The Bertz CT molecular complexity index is 632. The van der Waals surface area contributed by atoms with Crippen LogP contribution in [-0.4, -0.2) is 26.0 Å². The van der Waals surface area contributed by atoms with E-state index in [4.69, 9.17) is 9.84 Å². The van der Waals surface area contributed by atoms with Crippen molar-refractivity contribution in [2.45, 2.75) is 19.4 Å². The molecule has 0 amide bonds. The number of halogens is 1. The van der Waals surface area contributed by atoms with Gasteiger partial charge in [0, 0.05) is 12.4 Å². The molecule has 0 bridgehead atoms. The summed E-state index contributed by atoms with van der Waals surface area (Å²) >= 11 is 0. The van der Waals surface area contributed by atoms with Crippen molar-refractivity contribution < 1.29 is 19.0 Å². The smallest absolute Gasteiger partial charge is 0.341 e. The predicted molar refractivity (Wildman–Crippen MR) is 66.8 cm³/mol. The topological polar surface area (TPSA) is 85.2 Å². The number of ether oxygens (including phenoxy) is 1. The lowest BCUT2D eigenvalue weighted by Gasteiger charge is -2.24. The van der Waals surface area contributed by atoms with Crippen LogP contribution in [0.25, 0.3) is 0 Å². The summed E-state index contributed by atoms with van der Waals surface area (Å²) in [7, 11) is 0. The van der Waals surface area contributed by atoms with Crippen molar-refractivity contribution in [1.29, 1.82) is 0 Å².